The van der Waals surface area contributed by atoms with E-state index in [9.17, 15) is 0 Å². The van der Waals surface area contributed by atoms with E-state index in [-0.39, 0.29) is 0 Å². The molecule has 0 unspecified atom stereocenters. The van der Waals surface area contributed by atoms with Crippen molar-refractivity contribution >= 4 is 15.9 Å². The van der Waals surface area contributed by atoms with Crippen LogP contribution in [0.1, 0.15) is 5.82 Å². The summed E-state index contributed by atoms with van der Waals surface area (Å²) in [6.45, 7) is 1.97. The van der Waals surface area contributed by atoms with E-state index in [1.165, 1.54) is 0 Å². The predicted molar refractivity (Wildman–Crippen MR) is 62.6 cm³/mol. The standard InChI is InChI=1S/C11H11BrN2O/c1-8-13-7-11(12)14(8)9-3-5-10(15-2)6-4-9/h3-7H,1-2H3. The zero-order chi connectivity index (χ0) is 10.8. The number of rotatable bonds is 2. The molecular weight excluding hydrogens is 256 g/mol. The van der Waals surface area contributed by atoms with Crippen LogP contribution in [0.5, 0.6) is 5.75 Å². The molecule has 0 atom stereocenters. The zero-order valence-corrected chi connectivity index (χ0v) is 10.2. The summed E-state index contributed by atoms with van der Waals surface area (Å²) in [6.07, 6.45) is 1.79. The first-order valence-corrected chi connectivity index (χ1v) is 5.36. The van der Waals surface area contributed by atoms with E-state index in [0.717, 1.165) is 21.9 Å². The summed E-state index contributed by atoms with van der Waals surface area (Å²) in [5, 5.41) is 0. The minimum absolute atomic E-state index is 0.854. The van der Waals surface area contributed by atoms with Gasteiger partial charge in [-0.1, -0.05) is 0 Å². The number of methoxy groups -OCH3 is 1. The lowest BCUT2D eigenvalue weighted by atomic mass is 10.3. The molecule has 0 aliphatic rings. The van der Waals surface area contributed by atoms with Gasteiger partial charge in [0.25, 0.3) is 0 Å². The van der Waals surface area contributed by atoms with E-state index in [1.54, 1.807) is 13.3 Å². The van der Waals surface area contributed by atoms with Crippen LogP contribution < -0.4 is 4.74 Å². The van der Waals surface area contributed by atoms with Crippen molar-refractivity contribution < 1.29 is 4.74 Å². The van der Waals surface area contributed by atoms with Crippen LogP contribution in [0.25, 0.3) is 5.69 Å². The second kappa shape index (κ2) is 4.06. The summed E-state index contributed by atoms with van der Waals surface area (Å²) >= 11 is 3.46. The molecule has 0 saturated heterocycles. The van der Waals surface area contributed by atoms with Gasteiger partial charge in [-0.3, -0.25) is 4.57 Å². The van der Waals surface area contributed by atoms with Crippen molar-refractivity contribution in [2.75, 3.05) is 7.11 Å². The quantitative estimate of drug-likeness (QED) is 0.836. The molecular formula is C11H11BrN2O. The van der Waals surface area contributed by atoms with Gasteiger partial charge >= 0.3 is 0 Å². The number of benzene rings is 1. The maximum absolute atomic E-state index is 5.11. The lowest BCUT2D eigenvalue weighted by Crippen LogP contribution is -1.97. The van der Waals surface area contributed by atoms with Crippen LogP contribution in [0.3, 0.4) is 0 Å². The zero-order valence-electron chi connectivity index (χ0n) is 8.57. The smallest absolute Gasteiger partial charge is 0.119 e. The molecule has 1 aromatic carbocycles. The van der Waals surface area contributed by atoms with E-state index in [2.05, 4.69) is 20.9 Å². The summed E-state index contributed by atoms with van der Waals surface area (Å²) in [7, 11) is 1.66. The molecule has 4 heteroatoms. The Balaban J connectivity index is 2.45. The van der Waals surface area contributed by atoms with Crippen LogP contribution in [0.15, 0.2) is 35.1 Å². The molecule has 2 rings (SSSR count). The Bertz CT molecular complexity index is 442. The molecule has 1 aromatic heterocycles. The fourth-order valence-electron chi connectivity index (χ4n) is 1.46. The van der Waals surface area contributed by atoms with Crippen LogP contribution in [-0.4, -0.2) is 16.7 Å². The number of halogens is 1. The summed E-state index contributed by atoms with van der Waals surface area (Å²) in [4.78, 5) is 4.22. The number of aromatic nitrogens is 2. The van der Waals surface area contributed by atoms with Crippen molar-refractivity contribution in [1.82, 2.24) is 9.55 Å². The van der Waals surface area contributed by atoms with Crippen LogP contribution in [0, 0.1) is 6.92 Å². The number of hydrogen-bond acceptors (Lipinski definition) is 2. The van der Waals surface area contributed by atoms with Gasteiger partial charge in [0.05, 0.1) is 13.3 Å². The molecule has 0 aliphatic heterocycles. The lowest BCUT2D eigenvalue weighted by molar-refractivity contribution is 0.414. The van der Waals surface area contributed by atoms with E-state index in [0.29, 0.717) is 0 Å². The first-order chi connectivity index (χ1) is 7.22. The third-order valence-corrected chi connectivity index (χ3v) is 2.79. The van der Waals surface area contributed by atoms with Crippen molar-refractivity contribution in [1.29, 1.82) is 0 Å². The van der Waals surface area contributed by atoms with Gasteiger partial charge in [-0.25, -0.2) is 4.98 Å². The second-order valence-electron chi connectivity index (χ2n) is 3.16. The van der Waals surface area contributed by atoms with Gasteiger partial charge in [-0.05, 0) is 47.1 Å². The van der Waals surface area contributed by atoms with Gasteiger partial charge < -0.3 is 4.74 Å². The van der Waals surface area contributed by atoms with Crippen LogP contribution >= 0.6 is 15.9 Å². The summed E-state index contributed by atoms with van der Waals surface area (Å²) in [5.41, 5.74) is 1.07. The molecule has 15 heavy (non-hydrogen) atoms. The van der Waals surface area contributed by atoms with Crippen LogP contribution in [0.4, 0.5) is 0 Å². The Morgan fingerprint density at radius 2 is 1.93 bits per heavy atom. The molecule has 1 heterocycles. The summed E-state index contributed by atoms with van der Waals surface area (Å²) in [6, 6.07) is 7.86. The van der Waals surface area contributed by atoms with E-state index >= 15 is 0 Å². The Labute approximate surface area is 96.8 Å². The highest BCUT2D eigenvalue weighted by Crippen LogP contribution is 2.21. The van der Waals surface area contributed by atoms with Crippen molar-refractivity contribution in [2.45, 2.75) is 6.92 Å². The molecule has 0 bridgehead atoms. The third kappa shape index (κ3) is 1.90. The van der Waals surface area contributed by atoms with Gasteiger partial charge in [-0.15, -0.1) is 0 Å². The largest absolute Gasteiger partial charge is 0.497 e. The molecule has 0 N–H and O–H groups in total. The van der Waals surface area contributed by atoms with Crippen molar-refractivity contribution in [3.05, 3.63) is 40.9 Å². The third-order valence-electron chi connectivity index (χ3n) is 2.23. The lowest BCUT2D eigenvalue weighted by Gasteiger charge is -2.07. The molecule has 0 spiro atoms. The fourth-order valence-corrected chi connectivity index (χ4v) is 2.02. The summed E-state index contributed by atoms with van der Waals surface area (Å²) < 4.78 is 8.09. The molecule has 0 fully saturated rings. The average molecular weight is 267 g/mol. The number of aryl methyl sites for hydroxylation is 1. The fraction of sp³-hybridized carbons (Fsp3) is 0.182. The Kier molecular flexibility index (Phi) is 2.77. The molecule has 78 valence electrons. The SMILES string of the molecule is COc1ccc(-n2c(Br)cnc2C)cc1. The molecule has 0 saturated carbocycles. The molecule has 0 radical (unpaired) electrons. The van der Waals surface area contributed by atoms with E-state index in [1.807, 2.05) is 35.8 Å². The number of hydrogen-bond donors (Lipinski definition) is 0. The van der Waals surface area contributed by atoms with Gasteiger partial charge in [0, 0.05) is 5.69 Å². The first-order valence-electron chi connectivity index (χ1n) is 4.56. The predicted octanol–water partition coefficient (Wildman–Crippen LogP) is 2.95. The molecule has 0 amide bonds. The Morgan fingerprint density at radius 1 is 1.27 bits per heavy atom. The van der Waals surface area contributed by atoms with Crippen LogP contribution in [-0.2, 0) is 0 Å². The van der Waals surface area contributed by atoms with Crippen molar-refractivity contribution in [3.63, 3.8) is 0 Å². The van der Waals surface area contributed by atoms with E-state index < -0.39 is 0 Å². The highest BCUT2D eigenvalue weighted by atomic mass is 79.9. The normalized spacial score (nSPS) is 10.3. The van der Waals surface area contributed by atoms with Crippen molar-refractivity contribution in [3.8, 4) is 11.4 Å². The molecule has 3 nitrogen and oxygen atoms in total. The minimum Gasteiger partial charge on any atom is -0.497 e. The first kappa shape index (κ1) is 10.2. The maximum Gasteiger partial charge on any atom is 0.119 e. The number of nitrogens with zero attached hydrogens (tertiary/aromatic N) is 2. The van der Waals surface area contributed by atoms with Crippen molar-refractivity contribution in [2.24, 2.45) is 0 Å². The van der Waals surface area contributed by atoms with Gasteiger partial charge in [0.1, 0.15) is 16.2 Å². The van der Waals surface area contributed by atoms with Gasteiger partial charge in [0.2, 0.25) is 0 Å². The van der Waals surface area contributed by atoms with Gasteiger partial charge in [0.15, 0.2) is 0 Å². The second-order valence-corrected chi connectivity index (χ2v) is 3.97. The minimum atomic E-state index is 0.854. The molecule has 2 aromatic rings. The van der Waals surface area contributed by atoms with Gasteiger partial charge in [-0.2, -0.15) is 0 Å². The Hall–Kier alpha value is -1.29. The number of imidazole rings is 1. The van der Waals surface area contributed by atoms with Crippen LogP contribution in [0.2, 0.25) is 0 Å². The topological polar surface area (TPSA) is 27.1 Å². The molecule has 0 aliphatic carbocycles. The Morgan fingerprint density at radius 3 is 2.40 bits per heavy atom. The summed E-state index contributed by atoms with van der Waals surface area (Å²) in [5.74, 6) is 1.81. The van der Waals surface area contributed by atoms with E-state index in [4.69, 9.17) is 4.74 Å². The highest BCUT2D eigenvalue weighted by Gasteiger charge is 2.05. The highest BCUT2D eigenvalue weighted by molar-refractivity contribution is 9.10. The monoisotopic (exact) mass is 266 g/mol. The number of ether oxygens (including phenoxy) is 1. The maximum atomic E-state index is 5.11. The average Bonchev–Trinajstić information content (AvgIpc) is 2.59.